The van der Waals surface area contributed by atoms with Gasteiger partial charge < -0.3 is 17.1 Å². The van der Waals surface area contributed by atoms with Crippen molar-refractivity contribution in [1.29, 1.82) is 0 Å². The number of hydrogen-bond donors (Lipinski definition) is 0. The Balaban J connectivity index is 4.71. The molecule has 1 atom stereocenters. The first kappa shape index (κ1) is 18.7. The van der Waals surface area contributed by atoms with E-state index in [9.17, 15) is 4.79 Å². The summed E-state index contributed by atoms with van der Waals surface area (Å²) >= 11 is 0. The number of carbonyl (C=O) groups excluding carboxylic acids is 1. The smallest absolute Gasteiger partial charge is 0.470 e. The van der Waals surface area contributed by atoms with Gasteiger partial charge in [-0.05, 0) is 20.0 Å². The highest BCUT2D eigenvalue weighted by atomic mass is 29.2. The normalized spacial score (nSPS) is 15.4. The summed E-state index contributed by atoms with van der Waals surface area (Å²) in [6.07, 6.45) is 1.61. The lowest BCUT2D eigenvalue weighted by atomic mass is 10.4. The van der Waals surface area contributed by atoms with Crippen LogP contribution in [0.4, 0.5) is 0 Å². The third kappa shape index (κ3) is 7.77. The van der Waals surface area contributed by atoms with Crippen molar-refractivity contribution < 1.29 is 21.9 Å². The molecule has 0 saturated heterocycles. The highest BCUT2D eigenvalue weighted by Crippen LogP contribution is 2.14. The molecule has 0 heterocycles. The highest BCUT2D eigenvalue weighted by molar-refractivity contribution is 7.19. The Morgan fingerprint density at radius 1 is 1.42 bits per heavy atom. The second kappa shape index (κ2) is 8.09. The van der Waals surface area contributed by atoms with Gasteiger partial charge in [-0.2, -0.15) is 0 Å². The van der Waals surface area contributed by atoms with Crippen LogP contribution in [0.2, 0.25) is 19.6 Å². The summed E-state index contributed by atoms with van der Waals surface area (Å²) in [5.74, 6) is -0.474. The van der Waals surface area contributed by atoms with Crippen LogP contribution in [0.1, 0.15) is 6.92 Å². The Labute approximate surface area is 122 Å². The number of hydrogen-bond acceptors (Lipinski definition) is 5. The van der Waals surface area contributed by atoms with E-state index in [4.69, 9.17) is 17.1 Å². The van der Waals surface area contributed by atoms with E-state index in [0.717, 1.165) is 0 Å². The van der Waals surface area contributed by atoms with Crippen molar-refractivity contribution in [1.82, 2.24) is 0 Å². The first-order chi connectivity index (χ1) is 8.66. The van der Waals surface area contributed by atoms with Crippen molar-refractivity contribution in [3.8, 4) is 0 Å². The minimum atomic E-state index is -2.97. The van der Waals surface area contributed by atoms with Crippen LogP contribution in [0.5, 0.6) is 0 Å². The molecule has 19 heavy (non-hydrogen) atoms. The van der Waals surface area contributed by atoms with E-state index in [1.165, 1.54) is 0 Å². The summed E-state index contributed by atoms with van der Waals surface area (Å²) in [6.45, 7) is 15.0. The first-order valence-electron chi connectivity index (χ1n) is 5.98. The lowest BCUT2D eigenvalue weighted by molar-refractivity contribution is -0.133. The predicted octanol–water partition coefficient (Wildman–Crippen LogP) is -0.0238. The molecule has 5 nitrogen and oxygen atoms in total. The van der Waals surface area contributed by atoms with Gasteiger partial charge in [-0.1, -0.05) is 12.7 Å². The zero-order valence-electron chi connectivity index (χ0n) is 12.4. The average molecular weight is 337 g/mol. The van der Waals surface area contributed by atoms with Crippen LogP contribution in [-0.2, 0) is 21.9 Å². The van der Waals surface area contributed by atoms with E-state index in [2.05, 4.69) is 26.3 Å². The average Bonchev–Trinajstić information content (AvgIpc) is 2.34. The summed E-state index contributed by atoms with van der Waals surface area (Å²) in [6, 6.07) is 0. The summed E-state index contributed by atoms with van der Waals surface area (Å²) in [5, 5.41) is 0. The van der Waals surface area contributed by atoms with Gasteiger partial charge in [0.2, 0.25) is 0 Å². The lowest BCUT2D eigenvalue weighted by Crippen LogP contribution is -2.51. The van der Waals surface area contributed by atoms with E-state index >= 15 is 0 Å². The third-order valence-electron chi connectivity index (χ3n) is 2.32. The van der Waals surface area contributed by atoms with E-state index in [1.807, 2.05) is 0 Å². The first-order valence-corrected chi connectivity index (χ1v) is 14.8. The summed E-state index contributed by atoms with van der Waals surface area (Å²) < 4.78 is 22.4. The minimum Gasteiger partial charge on any atom is -0.470 e. The summed E-state index contributed by atoms with van der Waals surface area (Å²) in [4.78, 5) is 11.6. The molecule has 0 aromatic rings. The van der Waals surface area contributed by atoms with Crippen LogP contribution in [0.3, 0.4) is 0 Å². The van der Waals surface area contributed by atoms with E-state index in [-0.39, 0.29) is 0 Å². The second-order valence-electron chi connectivity index (χ2n) is 4.88. The van der Waals surface area contributed by atoms with Crippen molar-refractivity contribution in [3.05, 3.63) is 24.8 Å². The minimum absolute atomic E-state index is 0.296. The molecule has 0 aromatic heterocycles. The van der Waals surface area contributed by atoms with Crippen LogP contribution >= 0.6 is 0 Å². The highest BCUT2D eigenvalue weighted by Gasteiger charge is 2.41. The Kier molecular flexibility index (Phi) is 7.96. The van der Waals surface area contributed by atoms with E-state index in [1.54, 1.807) is 19.5 Å². The van der Waals surface area contributed by atoms with Gasteiger partial charge in [0.25, 0.3) is 0 Å². The molecule has 0 aliphatic carbocycles. The maximum Gasteiger partial charge on any atom is 0.554 e. The fourth-order valence-corrected chi connectivity index (χ4v) is 11.9. The van der Waals surface area contributed by atoms with Crippen molar-refractivity contribution in [3.63, 3.8) is 0 Å². The van der Waals surface area contributed by atoms with Crippen LogP contribution in [0.25, 0.3) is 0 Å². The zero-order chi connectivity index (χ0) is 15.1. The second-order valence-corrected chi connectivity index (χ2v) is 19.7. The molecule has 110 valence electrons. The van der Waals surface area contributed by atoms with E-state index in [0.29, 0.717) is 22.7 Å². The molecule has 0 rings (SSSR count). The molecule has 0 aromatic carbocycles. The molecule has 0 bridgehead atoms. The van der Waals surface area contributed by atoms with Crippen LogP contribution in [-0.4, -0.2) is 49.0 Å². The summed E-state index contributed by atoms with van der Waals surface area (Å²) in [7, 11) is -4.90. The Hall–Kier alpha value is -0.302. The fourth-order valence-electron chi connectivity index (χ4n) is 0.930. The molecule has 0 N–H and O–H groups in total. The topological polar surface area (TPSA) is 54.0 Å². The van der Waals surface area contributed by atoms with Crippen LogP contribution in [0, 0.1) is 0 Å². The predicted molar refractivity (Wildman–Crippen MR) is 86.8 cm³/mol. The Bertz CT molecular complexity index is 347. The molecule has 1 unspecified atom stereocenters. The van der Waals surface area contributed by atoms with Crippen LogP contribution in [0.15, 0.2) is 24.8 Å². The Morgan fingerprint density at radius 2 is 2.00 bits per heavy atom. The molecule has 0 saturated carbocycles. The van der Waals surface area contributed by atoms with E-state index < -0.39 is 31.9 Å². The molecular formula is C10H24O5Si4. The number of carbonyl (C=O) groups is 1. The standard InChI is InChI=1S/C10H24O5Si4/c1-7-8-12-19(6,13-10(11)9(2)3)15-17-18(4,5)14-16/h7H,1-2,8,17H2,3-6,16H3. The van der Waals surface area contributed by atoms with Gasteiger partial charge in [0.15, 0.2) is 17.1 Å². The van der Waals surface area contributed by atoms with Crippen molar-refractivity contribution in [2.75, 3.05) is 6.61 Å². The van der Waals surface area contributed by atoms with Gasteiger partial charge >= 0.3 is 14.8 Å². The lowest BCUT2D eigenvalue weighted by Gasteiger charge is -2.29. The molecule has 0 fully saturated rings. The van der Waals surface area contributed by atoms with Gasteiger partial charge in [-0.3, -0.25) is 0 Å². The summed E-state index contributed by atoms with van der Waals surface area (Å²) in [5.41, 5.74) is 0.335. The third-order valence-corrected chi connectivity index (χ3v) is 17.3. The van der Waals surface area contributed by atoms with Crippen molar-refractivity contribution >= 4 is 42.4 Å². The maximum absolute atomic E-state index is 11.6. The SMILES string of the molecule is C=CCO[Si](C)(O[SiH2][Si](C)(C)O[SiH3])OC(=O)C(=C)C. The molecular weight excluding hydrogens is 312 g/mol. The van der Waals surface area contributed by atoms with Crippen molar-refractivity contribution in [2.24, 2.45) is 0 Å². The fraction of sp³-hybridized carbons (Fsp3) is 0.500. The van der Waals surface area contributed by atoms with Crippen molar-refractivity contribution in [2.45, 2.75) is 26.6 Å². The number of rotatable bonds is 9. The molecule has 0 radical (unpaired) electrons. The van der Waals surface area contributed by atoms with Gasteiger partial charge in [0.05, 0.1) is 6.61 Å². The molecule has 0 aliphatic heterocycles. The Morgan fingerprint density at radius 3 is 2.42 bits per heavy atom. The molecule has 0 spiro atoms. The molecule has 9 heteroatoms. The monoisotopic (exact) mass is 336 g/mol. The molecule has 0 aliphatic rings. The van der Waals surface area contributed by atoms with Gasteiger partial charge in [0.1, 0.15) is 10.5 Å². The van der Waals surface area contributed by atoms with Crippen LogP contribution < -0.4 is 0 Å². The van der Waals surface area contributed by atoms with Gasteiger partial charge in [0, 0.05) is 12.1 Å². The quantitative estimate of drug-likeness (QED) is 0.336. The molecule has 0 amide bonds. The van der Waals surface area contributed by atoms with Gasteiger partial charge in [-0.15, -0.1) is 6.58 Å². The van der Waals surface area contributed by atoms with Gasteiger partial charge in [-0.25, -0.2) is 4.79 Å². The largest absolute Gasteiger partial charge is 0.554 e. The zero-order valence-corrected chi connectivity index (χ0v) is 17.9. The maximum atomic E-state index is 11.6.